The zero-order chi connectivity index (χ0) is 12.4. The van der Waals surface area contributed by atoms with E-state index in [1.165, 1.54) is 23.8 Å². The van der Waals surface area contributed by atoms with Crippen LogP contribution in [0.4, 0.5) is 5.82 Å². The second-order valence-electron chi connectivity index (χ2n) is 5.02. The maximum atomic E-state index is 4.70. The summed E-state index contributed by atoms with van der Waals surface area (Å²) in [6, 6.07) is 11.1. The highest BCUT2D eigenvalue weighted by molar-refractivity contribution is 5.81. The molecule has 0 aliphatic carbocycles. The van der Waals surface area contributed by atoms with Crippen molar-refractivity contribution in [1.29, 1.82) is 0 Å². The molecule has 0 amide bonds. The summed E-state index contributed by atoms with van der Waals surface area (Å²) < 4.78 is 0. The van der Waals surface area contributed by atoms with Gasteiger partial charge in [-0.2, -0.15) is 0 Å². The van der Waals surface area contributed by atoms with Crippen LogP contribution >= 0.6 is 0 Å². The van der Waals surface area contributed by atoms with E-state index in [1.807, 2.05) is 6.07 Å². The molecule has 3 heteroatoms. The van der Waals surface area contributed by atoms with Crippen molar-refractivity contribution in [1.82, 2.24) is 10.3 Å². The van der Waals surface area contributed by atoms with E-state index >= 15 is 0 Å². The highest BCUT2D eigenvalue weighted by atomic mass is 15.0. The van der Waals surface area contributed by atoms with Gasteiger partial charge in [-0.3, -0.25) is 0 Å². The molecule has 1 atom stereocenters. The first kappa shape index (κ1) is 11.5. The van der Waals surface area contributed by atoms with Crippen LogP contribution in [-0.4, -0.2) is 24.1 Å². The van der Waals surface area contributed by atoms with Crippen molar-refractivity contribution in [3.05, 3.63) is 35.9 Å². The van der Waals surface area contributed by atoms with Gasteiger partial charge in [-0.25, -0.2) is 4.98 Å². The van der Waals surface area contributed by atoms with Crippen LogP contribution in [0.15, 0.2) is 30.3 Å². The number of aromatic nitrogens is 1. The molecule has 2 aromatic rings. The molecule has 2 heterocycles. The molecule has 94 valence electrons. The van der Waals surface area contributed by atoms with E-state index in [4.69, 9.17) is 4.98 Å². The van der Waals surface area contributed by atoms with Crippen molar-refractivity contribution in [2.45, 2.75) is 25.8 Å². The number of fused-ring (bicyclic) bond motifs is 1. The fourth-order valence-electron chi connectivity index (χ4n) is 2.55. The predicted octanol–water partition coefficient (Wildman–Crippen LogP) is 2.71. The molecule has 1 aromatic carbocycles. The molecule has 0 bridgehead atoms. The standard InChI is InChI=1S/C15H19N3/c1-11-9-12-5-2-3-7-14(12)18-15(11)17-10-13-6-4-8-16-13/h2-3,5,7,9,13,16H,4,6,8,10H2,1H3,(H,17,18). The molecule has 1 aliphatic rings. The molecule has 0 radical (unpaired) electrons. The first-order valence-corrected chi connectivity index (χ1v) is 6.66. The SMILES string of the molecule is Cc1cc2ccccc2nc1NCC1CCCN1. The lowest BCUT2D eigenvalue weighted by Crippen LogP contribution is -2.29. The first-order chi connectivity index (χ1) is 8.83. The van der Waals surface area contributed by atoms with Gasteiger partial charge in [0.15, 0.2) is 0 Å². The lowest BCUT2D eigenvalue weighted by Gasteiger charge is -2.14. The molecule has 3 rings (SSSR count). The van der Waals surface area contributed by atoms with Gasteiger partial charge in [0.05, 0.1) is 5.52 Å². The first-order valence-electron chi connectivity index (χ1n) is 6.66. The van der Waals surface area contributed by atoms with Gasteiger partial charge in [0.1, 0.15) is 5.82 Å². The average molecular weight is 241 g/mol. The van der Waals surface area contributed by atoms with Crippen LogP contribution in [0.1, 0.15) is 18.4 Å². The van der Waals surface area contributed by atoms with Crippen LogP contribution in [0.3, 0.4) is 0 Å². The smallest absolute Gasteiger partial charge is 0.129 e. The van der Waals surface area contributed by atoms with Crippen LogP contribution < -0.4 is 10.6 Å². The third kappa shape index (κ3) is 2.31. The van der Waals surface area contributed by atoms with E-state index in [0.717, 1.165) is 24.4 Å². The van der Waals surface area contributed by atoms with Crippen LogP contribution in [0.25, 0.3) is 10.9 Å². The summed E-state index contributed by atoms with van der Waals surface area (Å²) in [5.74, 6) is 1.02. The number of nitrogens with zero attached hydrogens (tertiary/aromatic N) is 1. The summed E-state index contributed by atoms with van der Waals surface area (Å²) in [6.07, 6.45) is 2.55. The van der Waals surface area contributed by atoms with Crippen molar-refractivity contribution < 1.29 is 0 Å². The van der Waals surface area contributed by atoms with E-state index in [0.29, 0.717) is 6.04 Å². The number of anilines is 1. The summed E-state index contributed by atoms with van der Waals surface area (Å²) in [5, 5.41) is 8.17. The molecule has 3 nitrogen and oxygen atoms in total. The van der Waals surface area contributed by atoms with E-state index < -0.39 is 0 Å². The molecule has 1 aliphatic heterocycles. The van der Waals surface area contributed by atoms with Gasteiger partial charge in [-0.1, -0.05) is 18.2 Å². The highest BCUT2D eigenvalue weighted by Crippen LogP contribution is 2.19. The topological polar surface area (TPSA) is 37.0 Å². The van der Waals surface area contributed by atoms with Gasteiger partial charge in [-0.05, 0) is 44.0 Å². The largest absolute Gasteiger partial charge is 0.368 e. The number of benzene rings is 1. The Morgan fingerprint density at radius 3 is 3.11 bits per heavy atom. The fourth-order valence-corrected chi connectivity index (χ4v) is 2.55. The maximum absolute atomic E-state index is 4.70. The monoisotopic (exact) mass is 241 g/mol. The molecular weight excluding hydrogens is 222 g/mol. The van der Waals surface area contributed by atoms with Crippen molar-refractivity contribution in [3.8, 4) is 0 Å². The van der Waals surface area contributed by atoms with Gasteiger partial charge in [-0.15, -0.1) is 0 Å². The van der Waals surface area contributed by atoms with Gasteiger partial charge < -0.3 is 10.6 Å². The average Bonchev–Trinajstić information content (AvgIpc) is 2.89. The Bertz CT molecular complexity index is 544. The summed E-state index contributed by atoms with van der Waals surface area (Å²) in [7, 11) is 0. The van der Waals surface area contributed by atoms with E-state index in [9.17, 15) is 0 Å². The van der Waals surface area contributed by atoms with Crippen molar-refractivity contribution >= 4 is 16.7 Å². The third-order valence-electron chi connectivity index (χ3n) is 3.59. The van der Waals surface area contributed by atoms with Crippen molar-refractivity contribution in [2.75, 3.05) is 18.4 Å². The number of hydrogen-bond acceptors (Lipinski definition) is 3. The minimum atomic E-state index is 0.595. The molecule has 1 saturated heterocycles. The number of pyridine rings is 1. The Morgan fingerprint density at radius 1 is 1.39 bits per heavy atom. The van der Waals surface area contributed by atoms with Gasteiger partial charge in [0.25, 0.3) is 0 Å². The molecule has 1 aromatic heterocycles. The minimum Gasteiger partial charge on any atom is -0.368 e. The second-order valence-corrected chi connectivity index (χ2v) is 5.02. The van der Waals surface area contributed by atoms with E-state index in [1.54, 1.807) is 0 Å². The lowest BCUT2D eigenvalue weighted by molar-refractivity contribution is 0.632. The Morgan fingerprint density at radius 2 is 2.28 bits per heavy atom. The summed E-state index contributed by atoms with van der Waals surface area (Å²) in [4.78, 5) is 4.70. The highest BCUT2D eigenvalue weighted by Gasteiger charge is 2.14. The quantitative estimate of drug-likeness (QED) is 0.867. The van der Waals surface area contributed by atoms with Gasteiger partial charge in [0.2, 0.25) is 0 Å². The lowest BCUT2D eigenvalue weighted by atomic mass is 10.1. The summed E-state index contributed by atoms with van der Waals surface area (Å²) >= 11 is 0. The predicted molar refractivity (Wildman–Crippen MR) is 76.0 cm³/mol. The summed E-state index contributed by atoms with van der Waals surface area (Å²) in [5.41, 5.74) is 2.27. The van der Waals surface area contributed by atoms with Crippen molar-refractivity contribution in [3.63, 3.8) is 0 Å². The zero-order valence-corrected chi connectivity index (χ0v) is 10.7. The minimum absolute atomic E-state index is 0.595. The second kappa shape index (κ2) is 4.94. The van der Waals surface area contributed by atoms with Gasteiger partial charge in [0, 0.05) is 18.0 Å². The van der Waals surface area contributed by atoms with E-state index in [2.05, 4.69) is 41.8 Å². The van der Waals surface area contributed by atoms with Crippen molar-refractivity contribution in [2.24, 2.45) is 0 Å². The Balaban J connectivity index is 1.80. The molecule has 2 N–H and O–H groups in total. The molecule has 1 unspecified atom stereocenters. The number of aryl methyl sites for hydroxylation is 1. The molecule has 0 saturated carbocycles. The van der Waals surface area contributed by atoms with Gasteiger partial charge >= 0.3 is 0 Å². The third-order valence-corrected chi connectivity index (χ3v) is 3.59. The number of nitrogens with one attached hydrogen (secondary N) is 2. The van der Waals surface area contributed by atoms with E-state index in [-0.39, 0.29) is 0 Å². The Hall–Kier alpha value is -1.61. The maximum Gasteiger partial charge on any atom is 0.129 e. The molecule has 1 fully saturated rings. The summed E-state index contributed by atoms with van der Waals surface area (Å²) in [6.45, 7) is 4.23. The fraction of sp³-hybridized carbons (Fsp3) is 0.400. The Labute approximate surface area is 108 Å². The molecule has 0 spiro atoms. The number of hydrogen-bond donors (Lipinski definition) is 2. The molecule has 18 heavy (non-hydrogen) atoms. The molecular formula is C15H19N3. The number of para-hydroxylation sites is 1. The van der Waals surface area contributed by atoms with Crippen LogP contribution in [0, 0.1) is 6.92 Å². The normalized spacial score (nSPS) is 19.3. The number of rotatable bonds is 3. The Kier molecular flexibility index (Phi) is 3.15. The van der Waals surface area contributed by atoms with Crippen LogP contribution in [0.5, 0.6) is 0 Å². The zero-order valence-electron chi connectivity index (χ0n) is 10.7. The van der Waals surface area contributed by atoms with Crippen LogP contribution in [0.2, 0.25) is 0 Å². The van der Waals surface area contributed by atoms with Crippen LogP contribution in [-0.2, 0) is 0 Å².